The van der Waals surface area contributed by atoms with E-state index >= 15 is 0 Å². The number of rotatable bonds is 2. The van der Waals surface area contributed by atoms with Gasteiger partial charge in [-0.1, -0.05) is 55.3 Å². The summed E-state index contributed by atoms with van der Waals surface area (Å²) in [5.74, 6) is 1.29. The second-order valence-electron chi connectivity index (χ2n) is 6.27. The maximum Gasteiger partial charge on any atom is 0.123 e. The van der Waals surface area contributed by atoms with E-state index in [2.05, 4.69) is 36.7 Å². The lowest BCUT2D eigenvalue weighted by atomic mass is 9.66. The first-order valence-electron chi connectivity index (χ1n) is 6.81. The van der Waals surface area contributed by atoms with E-state index in [9.17, 15) is 4.39 Å². The number of benzene rings is 1. The van der Waals surface area contributed by atoms with E-state index in [1.807, 2.05) is 12.1 Å². The van der Waals surface area contributed by atoms with Crippen LogP contribution in [0.5, 0.6) is 0 Å². The molecule has 0 radical (unpaired) electrons. The molecule has 0 spiro atoms. The van der Waals surface area contributed by atoms with Gasteiger partial charge in [-0.25, -0.2) is 4.39 Å². The SMILES string of the molecule is CC1CCC(C(C)(C)c2ccc(F)cc2)C(Br)C1. The van der Waals surface area contributed by atoms with Gasteiger partial charge < -0.3 is 0 Å². The summed E-state index contributed by atoms with van der Waals surface area (Å²) in [6, 6.07) is 7.03. The van der Waals surface area contributed by atoms with E-state index in [-0.39, 0.29) is 11.2 Å². The number of halogens is 2. The third kappa shape index (κ3) is 2.79. The monoisotopic (exact) mass is 312 g/mol. The zero-order valence-electron chi connectivity index (χ0n) is 11.4. The van der Waals surface area contributed by atoms with Crippen molar-refractivity contribution >= 4 is 15.9 Å². The predicted octanol–water partition coefficient (Wildman–Crippen LogP) is 5.30. The van der Waals surface area contributed by atoms with Crippen molar-refractivity contribution in [2.24, 2.45) is 11.8 Å². The van der Waals surface area contributed by atoms with Crippen LogP contribution in [-0.2, 0) is 5.41 Å². The maximum absolute atomic E-state index is 13.0. The molecular weight excluding hydrogens is 291 g/mol. The Morgan fingerprint density at radius 3 is 2.33 bits per heavy atom. The van der Waals surface area contributed by atoms with Gasteiger partial charge in [0.15, 0.2) is 0 Å². The summed E-state index contributed by atoms with van der Waals surface area (Å²) >= 11 is 3.87. The van der Waals surface area contributed by atoms with Gasteiger partial charge in [-0.05, 0) is 47.8 Å². The largest absolute Gasteiger partial charge is 0.207 e. The van der Waals surface area contributed by atoms with Gasteiger partial charge >= 0.3 is 0 Å². The molecule has 0 N–H and O–H groups in total. The van der Waals surface area contributed by atoms with E-state index < -0.39 is 0 Å². The van der Waals surface area contributed by atoms with Crippen LogP contribution in [0, 0.1) is 17.7 Å². The molecule has 0 aliphatic heterocycles. The minimum absolute atomic E-state index is 0.0992. The predicted molar refractivity (Wildman–Crippen MR) is 78.6 cm³/mol. The molecule has 100 valence electrons. The van der Waals surface area contributed by atoms with Crippen molar-refractivity contribution < 1.29 is 4.39 Å². The Morgan fingerprint density at radius 1 is 1.17 bits per heavy atom. The van der Waals surface area contributed by atoms with Gasteiger partial charge in [-0.3, -0.25) is 0 Å². The van der Waals surface area contributed by atoms with E-state index in [0.29, 0.717) is 10.7 Å². The Balaban J connectivity index is 2.22. The summed E-state index contributed by atoms with van der Waals surface area (Å²) in [7, 11) is 0. The topological polar surface area (TPSA) is 0 Å². The number of hydrogen-bond donors (Lipinski definition) is 0. The molecule has 0 aromatic heterocycles. The lowest BCUT2D eigenvalue weighted by molar-refractivity contribution is 0.214. The van der Waals surface area contributed by atoms with Crippen molar-refractivity contribution in [2.45, 2.75) is 50.3 Å². The molecule has 1 fully saturated rings. The summed E-state index contributed by atoms with van der Waals surface area (Å²) in [5.41, 5.74) is 1.34. The minimum atomic E-state index is -0.151. The molecule has 0 nitrogen and oxygen atoms in total. The Hall–Kier alpha value is -0.370. The third-order valence-corrected chi connectivity index (χ3v) is 5.56. The molecular formula is C16H22BrF. The zero-order valence-corrected chi connectivity index (χ0v) is 13.0. The van der Waals surface area contributed by atoms with E-state index in [0.717, 1.165) is 5.92 Å². The highest BCUT2D eigenvalue weighted by Gasteiger charge is 2.38. The normalized spacial score (nSPS) is 29.3. The van der Waals surface area contributed by atoms with Crippen LogP contribution in [0.2, 0.25) is 0 Å². The summed E-state index contributed by atoms with van der Waals surface area (Å²) in [4.78, 5) is 0.571. The Kier molecular flexibility index (Phi) is 4.15. The van der Waals surface area contributed by atoms with Crippen molar-refractivity contribution in [2.75, 3.05) is 0 Å². The first kappa shape index (κ1) is 14.0. The maximum atomic E-state index is 13.0. The fourth-order valence-electron chi connectivity index (χ4n) is 3.22. The fraction of sp³-hybridized carbons (Fsp3) is 0.625. The number of hydrogen-bond acceptors (Lipinski definition) is 0. The molecule has 1 aliphatic rings. The highest BCUT2D eigenvalue weighted by Crippen LogP contribution is 2.45. The molecule has 1 saturated carbocycles. The molecule has 1 aliphatic carbocycles. The summed E-state index contributed by atoms with van der Waals surface area (Å²) in [6.45, 7) is 6.90. The van der Waals surface area contributed by atoms with Gasteiger partial charge in [0.1, 0.15) is 5.82 Å². The smallest absolute Gasteiger partial charge is 0.123 e. The van der Waals surface area contributed by atoms with Gasteiger partial charge in [-0.15, -0.1) is 0 Å². The molecule has 3 atom stereocenters. The average molecular weight is 313 g/mol. The minimum Gasteiger partial charge on any atom is -0.207 e. The van der Waals surface area contributed by atoms with Crippen molar-refractivity contribution in [3.05, 3.63) is 35.6 Å². The van der Waals surface area contributed by atoms with Gasteiger partial charge in [0.2, 0.25) is 0 Å². The molecule has 1 aromatic rings. The van der Waals surface area contributed by atoms with Gasteiger partial charge in [0, 0.05) is 4.83 Å². The van der Waals surface area contributed by atoms with Crippen LogP contribution in [0.4, 0.5) is 4.39 Å². The Labute approximate surface area is 118 Å². The van der Waals surface area contributed by atoms with Crippen LogP contribution in [0.1, 0.15) is 45.6 Å². The van der Waals surface area contributed by atoms with Gasteiger partial charge in [0.05, 0.1) is 0 Å². The van der Waals surface area contributed by atoms with E-state index in [1.165, 1.54) is 24.8 Å². The standard InChI is InChI=1S/C16H22BrF/c1-11-4-9-14(15(17)10-11)16(2,3)12-5-7-13(18)8-6-12/h5-8,11,14-15H,4,9-10H2,1-3H3. The van der Waals surface area contributed by atoms with E-state index in [4.69, 9.17) is 0 Å². The summed E-state index contributed by atoms with van der Waals surface area (Å²) < 4.78 is 13.0. The zero-order chi connectivity index (χ0) is 13.3. The average Bonchev–Trinajstić information content (AvgIpc) is 2.29. The lowest BCUT2D eigenvalue weighted by Crippen LogP contribution is -2.38. The van der Waals surface area contributed by atoms with Crippen molar-refractivity contribution in [1.82, 2.24) is 0 Å². The van der Waals surface area contributed by atoms with Crippen molar-refractivity contribution in [1.29, 1.82) is 0 Å². The molecule has 0 bridgehead atoms. The van der Waals surface area contributed by atoms with Gasteiger partial charge in [-0.2, -0.15) is 0 Å². The molecule has 2 rings (SSSR count). The molecule has 0 heterocycles. The van der Waals surface area contributed by atoms with Crippen LogP contribution in [0.15, 0.2) is 24.3 Å². The van der Waals surface area contributed by atoms with Crippen LogP contribution in [-0.4, -0.2) is 4.83 Å². The van der Waals surface area contributed by atoms with Crippen molar-refractivity contribution in [3.8, 4) is 0 Å². The first-order chi connectivity index (χ1) is 8.41. The third-order valence-electron chi connectivity index (χ3n) is 4.55. The second-order valence-corrected chi connectivity index (χ2v) is 7.45. The van der Waals surface area contributed by atoms with Crippen LogP contribution in [0.25, 0.3) is 0 Å². The van der Waals surface area contributed by atoms with Crippen LogP contribution >= 0.6 is 15.9 Å². The molecule has 3 unspecified atom stereocenters. The first-order valence-corrected chi connectivity index (χ1v) is 7.73. The lowest BCUT2D eigenvalue weighted by Gasteiger charge is -2.42. The molecule has 1 aromatic carbocycles. The number of alkyl halides is 1. The molecule has 2 heteroatoms. The fourth-order valence-corrected chi connectivity index (χ4v) is 4.78. The molecule has 0 saturated heterocycles. The highest BCUT2D eigenvalue weighted by atomic mass is 79.9. The Bertz CT molecular complexity index is 396. The van der Waals surface area contributed by atoms with Crippen LogP contribution in [0.3, 0.4) is 0 Å². The second kappa shape index (κ2) is 5.32. The highest BCUT2D eigenvalue weighted by molar-refractivity contribution is 9.09. The molecule has 18 heavy (non-hydrogen) atoms. The van der Waals surface area contributed by atoms with Crippen LogP contribution < -0.4 is 0 Å². The molecule has 0 amide bonds. The van der Waals surface area contributed by atoms with Gasteiger partial charge in [0.25, 0.3) is 0 Å². The summed E-state index contributed by atoms with van der Waals surface area (Å²) in [5, 5.41) is 0. The van der Waals surface area contributed by atoms with Crippen molar-refractivity contribution in [3.63, 3.8) is 0 Å². The summed E-state index contributed by atoms with van der Waals surface area (Å²) in [6.07, 6.45) is 3.80. The van der Waals surface area contributed by atoms with E-state index in [1.54, 1.807) is 12.1 Å². The quantitative estimate of drug-likeness (QED) is 0.650. The Morgan fingerprint density at radius 2 is 1.78 bits per heavy atom.